The molecule has 1 aliphatic rings. The van der Waals surface area contributed by atoms with Gasteiger partial charge in [0, 0.05) is 29.5 Å². The smallest absolute Gasteiger partial charge is 0.253 e. The van der Waals surface area contributed by atoms with Gasteiger partial charge >= 0.3 is 0 Å². The number of halogens is 1. The molecule has 0 aliphatic heterocycles. The molecule has 1 saturated carbocycles. The summed E-state index contributed by atoms with van der Waals surface area (Å²) < 4.78 is 0. The van der Waals surface area contributed by atoms with Crippen LogP contribution in [0, 0.1) is 5.92 Å². The molecule has 4 rings (SSSR count). The number of aromatic nitrogens is 1. The van der Waals surface area contributed by atoms with Gasteiger partial charge in [-0.25, -0.2) is 0 Å². The number of carbonyl (C=O) groups is 1. The highest BCUT2D eigenvalue weighted by atomic mass is 35.5. The third-order valence-corrected chi connectivity index (χ3v) is 6.03. The van der Waals surface area contributed by atoms with E-state index in [4.69, 9.17) is 11.6 Å². The molecule has 2 N–H and O–H groups in total. The van der Waals surface area contributed by atoms with Gasteiger partial charge in [0.15, 0.2) is 0 Å². The van der Waals surface area contributed by atoms with E-state index < -0.39 is 0 Å². The van der Waals surface area contributed by atoms with E-state index in [1.807, 2.05) is 30.5 Å². The fraction of sp³-hybridized carbons (Fsp3) is 0.292. The Morgan fingerprint density at radius 1 is 1.00 bits per heavy atom. The summed E-state index contributed by atoms with van der Waals surface area (Å²) in [5.74, 6) is 1.19. The molecule has 0 unspecified atom stereocenters. The largest absolute Gasteiger partial charge is 0.366 e. The van der Waals surface area contributed by atoms with Crippen LogP contribution in [0.4, 0.5) is 0 Å². The number of amides is 1. The number of H-pyrrole nitrogens is 1. The first-order valence-electron chi connectivity index (χ1n) is 9.96. The minimum absolute atomic E-state index is 0.0265. The van der Waals surface area contributed by atoms with Gasteiger partial charge in [-0.1, -0.05) is 54.1 Å². The lowest BCUT2D eigenvalue weighted by Crippen LogP contribution is -2.31. The minimum atomic E-state index is -0.0265. The Bertz CT molecular complexity index is 927. The molecule has 1 aromatic heterocycles. The molecule has 1 heterocycles. The molecule has 2 aromatic carbocycles. The second-order valence-electron chi connectivity index (χ2n) is 7.63. The van der Waals surface area contributed by atoms with E-state index in [0.29, 0.717) is 22.4 Å². The van der Waals surface area contributed by atoms with Gasteiger partial charge in [0.1, 0.15) is 0 Å². The molecular formula is C24H25ClN2O. The van der Waals surface area contributed by atoms with Crippen molar-refractivity contribution in [3.05, 3.63) is 83.1 Å². The average molecular weight is 393 g/mol. The van der Waals surface area contributed by atoms with E-state index in [0.717, 1.165) is 30.5 Å². The quantitative estimate of drug-likeness (QED) is 0.546. The van der Waals surface area contributed by atoms with Crippen LogP contribution in [-0.2, 0) is 0 Å². The summed E-state index contributed by atoms with van der Waals surface area (Å²) >= 11 is 6.10. The van der Waals surface area contributed by atoms with Gasteiger partial charge in [0.05, 0.1) is 5.56 Å². The zero-order valence-electron chi connectivity index (χ0n) is 15.8. The molecule has 28 heavy (non-hydrogen) atoms. The van der Waals surface area contributed by atoms with Crippen LogP contribution in [-0.4, -0.2) is 17.4 Å². The minimum Gasteiger partial charge on any atom is -0.366 e. The molecule has 0 saturated heterocycles. The lowest BCUT2D eigenvalue weighted by molar-refractivity contribution is 0.0943. The summed E-state index contributed by atoms with van der Waals surface area (Å²) in [5.41, 5.74) is 3.94. The molecule has 1 aliphatic carbocycles. The highest BCUT2D eigenvalue weighted by molar-refractivity contribution is 6.30. The number of rotatable bonds is 5. The van der Waals surface area contributed by atoms with Gasteiger partial charge in [0.2, 0.25) is 0 Å². The molecule has 1 amide bonds. The second-order valence-corrected chi connectivity index (χ2v) is 8.07. The van der Waals surface area contributed by atoms with E-state index in [-0.39, 0.29) is 5.91 Å². The zero-order chi connectivity index (χ0) is 19.3. The van der Waals surface area contributed by atoms with Crippen LogP contribution in [0.1, 0.15) is 47.5 Å². The van der Waals surface area contributed by atoms with Gasteiger partial charge in [-0.15, -0.1) is 0 Å². The highest BCUT2D eigenvalue weighted by Gasteiger charge is 2.23. The van der Waals surface area contributed by atoms with Crippen LogP contribution in [0.25, 0.3) is 11.1 Å². The summed E-state index contributed by atoms with van der Waals surface area (Å²) in [4.78, 5) is 15.8. The molecule has 4 heteroatoms. The number of aromatic amines is 1. The van der Waals surface area contributed by atoms with Crippen LogP contribution >= 0.6 is 11.6 Å². The lowest BCUT2D eigenvalue weighted by atomic mass is 9.78. The van der Waals surface area contributed by atoms with Crippen LogP contribution in [0.15, 0.2) is 67.0 Å². The summed E-state index contributed by atoms with van der Waals surface area (Å²) in [6.45, 7) is 0.737. The van der Waals surface area contributed by atoms with Crippen LogP contribution < -0.4 is 5.32 Å². The average Bonchev–Trinajstić information content (AvgIpc) is 3.23. The van der Waals surface area contributed by atoms with Gasteiger partial charge in [-0.3, -0.25) is 4.79 Å². The first kappa shape index (κ1) is 18.8. The van der Waals surface area contributed by atoms with E-state index in [2.05, 4.69) is 40.6 Å². The second kappa shape index (κ2) is 8.66. The van der Waals surface area contributed by atoms with Crippen LogP contribution in [0.2, 0.25) is 5.02 Å². The van der Waals surface area contributed by atoms with Gasteiger partial charge in [-0.2, -0.15) is 0 Å². The predicted molar refractivity (Wildman–Crippen MR) is 115 cm³/mol. The normalized spacial score (nSPS) is 19.3. The molecule has 1 fully saturated rings. The van der Waals surface area contributed by atoms with Crippen molar-refractivity contribution in [1.29, 1.82) is 0 Å². The Balaban J connectivity index is 1.33. The van der Waals surface area contributed by atoms with E-state index in [1.54, 1.807) is 6.20 Å². The first-order chi connectivity index (χ1) is 13.7. The Morgan fingerprint density at radius 3 is 2.54 bits per heavy atom. The number of benzene rings is 2. The lowest BCUT2D eigenvalue weighted by Gasteiger charge is -2.29. The van der Waals surface area contributed by atoms with Crippen molar-refractivity contribution >= 4 is 17.5 Å². The molecule has 0 spiro atoms. The predicted octanol–water partition coefficient (Wildman–Crippen LogP) is 6.04. The number of carbonyl (C=O) groups excluding carboxylic acids is 1. The monoisotopic (exact) mass is 392 g/mol. The van der Waals surface area contributed by atoms with Crippen LogP contribution in [0.5, 0.6) is 0 Å². The summed E-state index contributed by atoms with van der Waals surface area (Å²) in [5, 5.41) is 3.81. The Hall–Kier alpha value is -2.52. The summed E-state index contributed by atoms with van der Waals surface area (Å²) in [7, 11) is 0. The fourth-order valence-electron chi connectivity index (χ4n) is 4.20. The molecule has 0 radical (unpaired) electrons. The van der Waals surface area contributed by atoms with Gasteiger partial charge in [-0.05, 0) is 60.8 Å². The highest BCUT2D eigenvalue weighted by Crippen LogP contribution is 2.35. The zero-order valence-corrected chi connectivity index (χ0v) is 16.6. The number of nitrogens with one attached hydrogen (secondary N) is 2. The standard InChI is InChI=1S/C24H25ClN2O/c25-21-8-4-7-20(13-21)22-15-26-16-23(22)24(28)27-14-17-9-11-19(12-10-17)18-5-2-1-3-6-18/h1-8,13,15-17,19,26H,9-12,14H2,(H,27,28). The van der Waals surface area contributed by atoms with Crippen molar-refractivity contribution in [3.8, 4) is 11.1 Å². The van der Waals surface area contributed by atoms with Crippen molar-refractivity contribution in [1.82, 2.24) is 10.3 Å². The summed E-state index contributed by atoms with van der Waals surface area (Å²) in [6.07, 6.45) is 8.33. The Kier molecular flexibility index (Phi) is 5.82. The molecule has 0 bridgehead atoms. The summed E-state index contributed by atoms with van der Waals surface area (Å²) in [6, 6.07) is 18.4. The number of hydrogen-bond acceptors (Lipinski definition) is 1. The number of hydrogen-bond donors (Lipinski definition) is 2. The third kappa shape index (κ3) is 4.31. The maximum Gasteiger partial charge on any atom is 0.253 e. The van der Waals surface area contributed by atoms with Crippen molar-refractivity contribution in [2.45, 2.75) is 31.6 Å². The SMILES string of the molecule is O=C(NCC1CCC(c2ccccc2)CC1)c1c[nH]cc1-c1cccc(Cl)c1. The topological polar surface area (TPSA) is 44.9 Å². The Morgan fingerprint density at radius 2 is 1.79 bits per heavy atom. The molecule has 144 valence electrons. The molecule has 0 atom stereocenters. The van der Waals surface area contributed by atoms with E-state index in [9.17, 15) is 4.79 Å². The van der Waals surface area contributed by atoms with Crippen molar-refractivity contribution < 1.29 is 4.79 Å². The third-order valence-electron chi connectivity index (χ3n) is 5.79. The van der Waals surface area contributed by atoms with Crippen molar-refractivity contribution in [2.24, 2.45) is 5.92 Å². The van der Waals surface area contributed by atoms with Gasteiger partial charge < -0.3 is 10.3 Å². The maximum absolute atomic E-state index is 12.7. The van der Waals surface area contributed by atoms with Crippen LogP contribution in [0.3, 0.4) is 0 Å². The maximum atomic E-state index is 12.7. The van der Waals surface area contributed by atoms with Crippen molar-refractivity contribution in [3.63, 3.8) is 0 Å². The molecular weight excluding hydrogens is 368 g/mol. The van der Waals surface area contributed by atoms with E-state index >= 15 is 0 Å². The Labute approximate surface area is 171 Å². The molecule has 3 aromatic rings. The molecule has 3 nitrogen and oxygen atoms in total. The van der Waals surface area contributed by atoms with E-state index in [1.165, 1.54) is 18.4 Å². The van der Waals surface area contributed by atoms with Crippen molar-refractivity contribution in [2.75, 3.05) is 6.54 Å². The first-order valence-corrected chi connectivity index (χ1v) is 10.3. The van der Waals surface area contributed by atoms with Gasteiger partial charge in [0.25, 0.3) is 5.91 Å². The fourth-order valence-corrected chi connectivity index (χ4v) is 4.39.